The average Bonchev–Trinajstić information content (AvgIpc) is 2.75. The molecule has 0 amide bonds. The number of hydrogen-bond donors (Lipinski definition) is 2. The van der Waals surface area contributed by atoms with Crippen molar-refractivity contribution in [3.05, 3.63) is 77.6 Å². The fourth-order valence-corrected chi connectivity index (χ4v) is 4.38. The third-order valence-electron chi connectivity index (χ3n) is 5.44. The highest BCUT2D eigenvalue weighted by molar-refractivity contribution is 7.93. The van der Waals surface area contributed by atoms with Gasteiger partial charge in [0, 0.05) is 28.4 Å². The Morgan fingerprint density at radius 1 is 1.12 bits per heavy atom. The van der Waals surface area contributed by atoms with Crippen LogP contribution < -0.4 is 9.46 Å². The normalized spacial score (nSPS) is 18.3. The number of halogens is 3. The van der Waals surface area contributed by atoms with Crippen molar-refractivity contribution in [2.24, 2.45) is 5.92 Å². The molecule has 0 fully saturated rings. The standard InChI is InChI=1S/C23H21F3N2O4S/c1-14-5-4-6-17(27-14)11-16-13-32-21-12-15(9-10-19(21)22(16)29)18-7-2-3-8-20(18)28-33(30,31)23(24,25)26/h2-10,12,16,22,28-29H,11,13H2,1H3/t16-,22+/m1/s1. The Kier molecular flexibility index (Phi) is 6.06. The van der Waals surface area contributed by atoms with Crippen LogP contribution in [0.1, 0.15) is 23.1 Å². The lowest BCUT2D eigenvalue weighted by Gasteiger charge is -2.30. The molecule has 174 valence electrons. The number of benzene rings is 2. The van der Waals surface area contributed by atoms with E-state index in [0.29, 0.717) is 23.3 Å². The summed E-state index contributed by atoms with van der Waals surface area (Å²) in [6.07, 6.45) is -0.296. The summed E-state index contributed by atoms with van der Waals surface area (Å²) in [5, 5.41) is 10.9. The van der Waals surface area contributed by atoms with Crippen molar-refractivity contribution >= 4 is 15.7 Å². The molecule has 0 saturated heterocycles. The van der Waals surface area contributed by atoms with Gasteiger partial charge in [-0.3, -0.25) is 9.71 Å². The molecule has 2 aromatic carbocycles. The van der Waals surface area contributed by atoms with Crippen LogP contribution in [0.3, 0.4) is 0 Å². The topological polar surface area (TPSA) is 88.5 Å². The van der Waals surface area contributed by atoms with Crippen LogP contribution in [-0.4, -0.2) is 30.6 Å². The molecule has 2 atom stereocenters. The minimum absolute atomic E-state index is 0.213. The molecule has 3 aromatic rings. The van der Waals surface area contributed by atoms with Crippen LogP contribution in [-0.2, 0) is 16.4 Å². The Morgan fingerprint density at radius 2 is 1.88 bits per heavy atom. The molecule has 0 bridgehead atoms. The van der Waals surface area contributed by atoms with Gasteiger partial charge in [-0.2, -0.15) is 21.6 Å². The van der Waals surface area contributed by atoms with Crippen molar-refractivity contribution in [2.45, 2.75) is 25.0 Å². The summed E-state index contributed by atoms with van der Waals surface area (Å²) >= 11 is 0. The van der Waals surface area contributed by atoms with Gasteiger partial charge >= 0.3 is 15.5 Å². The molecule has 1 aromatic heterocycles. The molecule has 2 heterocycles. The summed E-state index contributed by atoms with van der Waals surface area (Å²) in [6, 6.07) is 16.3. The summed E-state index contributed by atoms with van der Waals surface area (Å²) in [7, 11) is -5.57. The van der Waals surface area contributed by atoms with Gasteiger partial charge in [-0.15, -0.1) is 0 Å². The second-order valence-corrected chi connectivity index (χ2v) is 9.51. The molecular weight excluding hydrogens is 457 g/mol. The van der Waals surface area contributed by atoms with E-state index in [4.69, 9.17) is 4.74 Å². The number of ether oxygens (including phenoxy) is 1. The second kappa shape index (κ2) is 8.68. The van der Waals surface area contributed by atoms with Gasteiger partial charge in [0.25, 0.3) is 0 Å². The maximum absolute atomic E-state index is 12.8. The van der Waals surface area contributed by atoms with E-state index in [1.54, 1.807) is 29.0 Å². The number of aryl methyl sites for hydroxylation is 1. The Bertz CT molecular complexity index is 1280. The molecule has 0 unspecified atom stereocenters. The molecule has 0 spiro atoms. The Hall–Kier alpha value is -3.11. The maximum Gasteiger partial charge on any atom is 0.516 e. The minimum atomic E-state index is -5.57. The number of pyridine rings is 1. The highest BCUT2D eigenvalue weighted by Crippen LogP contribution is 2.40. The van der Waals surface area contributed by atoms with Crippen LogP contribution in [0.4, 0.5) is 18.9 Å². The molecule has 2 N–H and O–H groups in total. The number of nitrogens with one attached hydrogen (secondary N) is 1. The summed E-state index contributed by atoms with van der Waals surface area (Å²) < 4.78 is 69.1. The minimum Gasteiger partial charge on any atom is -0.493 e. The average molecular weight is 478 g/mol. The quantitative estimate of drug-likeness (QED) is 0.560. The van der Waals surface area contributed by atoms with Crippen LogP contribution in [0.25, 0.3) is 11.1 Å². The fraction of sp³-hybridized carbons (Fsp3) is 0.261. The molecule has 4 rings (SSSR count). The Balaban J connectivity index is 1.61. The smallest absolute Gasteiger partial charge is 0.493 e. The zero-order valence-electron chi connectivity index (χ0n) is 17.5. The van der Waals surface area contributed by atoms with E-state index >= 15 is 0 Å². The molecule has 6 nitrogen and oxygen atoms in total. The molecular formula is C23H21F3N2O4S. The van der Waals surface area contributed by atoms with E-state index in [2.05, 4.69) is 4.98 Å². The lowest BCUT2D eigenvalue weighted by Crippen LogP contribution is -2.30. The van der Waals surface area contributed by atoms with Crippen molar-refractivity contribution in [1.82, 2.24) is 4.98 Å². The first-order valence-electron chi connectivity index (χ1n) is 10.1. The van der Waals surface area contributed by atoms with E-state index in [-0.39, 0.29) is 23.8 Å². The van der Waals surface area contributed by atoms with Gasteiger partial charge in [-0.1, -0.05) is 36.4 Å². The first-order valence-corrected chi connectivity index (χ1v) is 11.6. The zero-order chi connectivity index (χ0) is 23.8. The van der Waals surface area contributed by atoms with Gasteiger partial charge in [-0.05, 0) is 43.2 Å². The number of fused-ring (bicyclic) bond motifs is 1. The predicted molar refractivity (Wildman–Crippen MR) is 117 cm³/mol. The largest absolute Gasteiger partial charge is 0.516 e. The van der Waals surface area contributed by atoms with Crippen molar-refractivity contribution in [1.29, 1.82) is 0 Å². The highest BCUT2D eigenvalue weighted by atomic mass is 32.2. The summed E-state index contributed by atoms with van der Waals surface area (Å²) in [6.45, 7) is 2.12. The number of anilines is 1. The van der Waals surface area contributed by atoms with E-state index in [1.807, 2.05) is 25.1 Å². The number of aliphatic hydroxyl groups is 1. The highest BCUT2D eigenvalue weighted by Gasteiger charge is 2.46. The number of aliphatic hydroxyl groups excluding tert-OH is 1. The van der Waals surface area contributed by atoms with Gasteiger partial charge in [0.2, 0.25) is 0 Å². The number of hydrogen-bond acceptors (Lipinski definition) is 5. The van der Waals surface area contributed by atoms with E-state index in [1.165, 1.54) is 18.2 Å². The third kappa shape index (κ3) is 4.81. The lowest BCUT2D eigenvalue weighted by molar-refractivity contribution is -0.0429. The zero-order valence-corrected chi connectivity index (χ0v) is 18.3. The summed E-state index contributed by atoms with van der Waals surface area (Å²) in [5.74, 6) is 0.172. The third-order valence-corrected chi connectivity index (χ3v) is 6.53. The Labute approximate surface area is 189 Å². The fourth-order valence-electron chi connectivity index (χ4n) is 3.79. The van der Waals surface area contributed by atoms with Gasteiger partial charge in [0.1, 0.15) is 5.75 Å². The maximum atomic E-state index is 12.8. The SMILES string of the molecule is Cc1cccc(C[C@@H]2COc3cc(-c4ccccc4NS(=O)(=O)C(F)(F)F)ccc3[C@H]2O)n1. The van der Waals surface area contributed by atoms with Crippen LogP contribution >= 0.6 is 0 Å². The van der Waals surface area contributed by atoms with Gasteiger partial charge in [-0.25, -0.2) is 0 Å². The number of sulfonamides is 1. The van der Waals surface area contributed by atoms with E-state index < -0.39 is 21.6 Å². The molecule has 0 radical (unpaired) electrons. The van der Waals surface area contributed by atoms with Crippen molar-refractivity contribution in [3.63, 3.8) is 0 Å². The van der Waals surface area contributed by atoms with Crippen molar-refractivity contribution in [3.8, 4) is 16.9 Å². The van der Waals surface area contributed by atoms with Gasteiger partial charge in [0.05, 0.1) is 18.4 Å². The van der Waals surface area contributed by atoms with Crippen molar-refractivity contribution < 1.29 is 31.4 Å². The Morgan fingerprint density at radius 3 is 2.61 bits per heavy atom. The molecule has 10 heteroatoms. The van der Waals surface area contributed by atoms with Crippen molar-refractivity contribution in [2.75, 3.05) is 11.3 Å². The molecule has 0 aliphatic carbocycles. The molecule has 1 aliphatic heterocycles. The second-order valence-electron chi connectivity index (χ2n) is 7.84. The van der Waals surface area contributed by atoms with E-state index in [9.17, 15) is 26.7 Å². The summed E-state index contributed by atoms with van der Waals surface area (Å²) in [4.78, 5) is 4.46. The summed E-state index contributed by atoms with van der Waals surface area (Å²) in [5.41, 5.74) is -2.69. The number of nitrogens with zero attached hydrogens (tertiary/aromatic N) is 1. The first-order chi connectivity index (χ1) is 15.5. The molecule has 1 aliphatic rings. The number of rotatable bonds is 5. The number of aromatic nitrogens is 1. The predicted octanol–water partition coefficient (Wildman–Crippen LogP) is 4.60. The van der Waals surface area contributed by atoms with Crippen LogP contribution in [0.15, 0.2) is 60.7 Å². The lowest BCUT2D eigenvalue weighted by atomic mass is 9.88. The molecule has 0 saturated carbocycles. The number of para-hydroxylation sites is 1. The molecule has 33 heavy (non-hydrogen) atoms. The monoisotopic (exact) mass is 478 g/mol. The van der Waals surface area contributed by atoms with Gasteiger partial charge < -0.3 is 9.84 Å². The first kappa shape index (κ1) is 23.1. The van der Waals surface area contributed by atoms with Crippen LogP contribution in [0.2, 0.25) is 0 Å². The van der Waals surface area contributed by atoms with Gasteiger partial charge in [0.15, 0.2) is 0 Å². The van der Waals surface area contributed by atoms with E-state index in [0.717, 1.165) is 11.4 Å². The van der Waals surface area contributed by atoms with Crippen LogP contribution in [0, 0.1) is 12.8 Å². The van der Waals surface area contributed by atoms with Crippen LogP contribution in [0.5, 0.6) is 5.75 Å². The number of alkyl halides is 3.